The van der Waals surface area contributed by atoms with Gasteiger partial charge in [-0.05, 0) is 19.8 Å². The van der Waals surface area contributed by atoms with E-state index in [0.29, 0.717) is 6.29 Å². The molecule has 0 aliphatic heterocycles. The Hall–Kier alpha value is -0.940. The average molecular weight is 216 g/mol. The van der Waals surface area contributed by atoms with Crippen molar-refractivity contribution in [2.75, 3.05) is 6.54 Å². The van der Waals surface area contributed by atoms with Crippen molar-refractivity contribution in [3.8, 4) is 0 Å². The molecule has 0 rings (SSSR count). The predicted molar refractivity (Wildman–Crippen MR) is 57.1 cm³/mol. The normalized spacial score (nSPS) is 12.9. The van der Waals surface area contributed by atoms with Gasteiger partial charge in [-0.15, -0.1) is 0 Å². The predicted octanol–water partition coefficient (Wildman–Crippen LogP) is 0.256. The Labute approximate surface area is 90.5 Å². The van der Waals surface area contributed by atoms with Crippen LogP contribution in [0.25, 0.3) is 0 Å². The third-order valence-electron chi connectivity index (χ3n) is 1.74. The summed E-state index contributed by atoms with van der Waals surface area (Å²) in [7, 11) is 0. The zero-order chi connectivity index (χ0) is 11.8. The highest BCUT2D eigenvalue weighted by atomic mass is 16.7. The molecule has 0 radical (unpaired) electrons. The second-order valence-electron chi connectivity index (χ2n) is 3.92. The maximum Gasteiger partial charge on any atom is 0.240 e. The van der Waals surface area contributed by atoms with Crippen molar-refractivity contribution in [2.45, 2.75) is 39.8 Å². The van der Waals surface area contributed by atoms with E-state index in [2.05, 4.69) is 10.8 Å². The van der Waals surface area contributed by atoms with Gasteiger partial charge in [0.1, 0.15) is 12.3 Å². The molecule has 0 fully saturated rings. The Morgan fingerprint density at radius 3 is 2.33 bits per heavy atom. The van der Waals surface area contributed by atoms with E-state index in [1.54, 1.807) is 0 Å². The van der Waals surface area contributed by atoms with Crippen LogP contribution in [0.3, 0.4) is 0 Å². The molecular weight excluding hydrogens is 196 g/mol. The van der Waals surface area contributed by atoms with Crippen molar-refractivity contribution < 1.29 is 14.4 Å². The first-order valence-electron chi connectivity index (χ1n) is 5.11. The highest BCUT2D eigenvalue weighted by Crippen LogP contribution is 2.02. The van der Waals surface area contributed by atoms with Gasteiger partial charge in [-0.2, -0.15) is 5.48 Å². The summed E-state index contributed by atoms with van der Waals surface area (Å²) in [6.45, 7) is 7.58. The van der Waals surface area contributed by atoms with Gasteiger partial charge in [-0.25, -0.2) is 0 Å². The second kappa shape index (κ2) is 7.36. The number of nitrogens with one attached hydrogen (secondary N) is 2. The summed E-state index contributed by atoms with van der Waals surface area (Å²) in [6, 6.07) is -0.438. The molecule has 1 amide bonds. The van der Waals surface area contributed by atoms with Crippen LogP contribution in [0.5, 0.6) is 0 Å². The molecule has 0 saturated carbocycles. The standard InChI is InChI=1S/C10H20N2O3/c1-7(2)9(12-15-8(3)4)10(14)11-5-6-13/h6-9,12H,5H2,1-4H3,(H,11,14). The Balaban J connectivity index is 4.12. The smallest absolute Gasteiger partial charge is 0.240 e. The van der Waals surface area contributed by atoms with Crippen molar-refractivity contribution in [1.82, 2.24) is 10.8 Å². The number of aldehydes is 1. The Morgan fingerprint density at radius 1 is 1.33 bits per heavy atom. The van der Waals surface area contributed by atoms with Crippen LogP contribution in [0.1, 0.15) is 27.7 Å². The van der Waals surface area contributed by atoms with Gasteiger partial charge >= 0.3 is 0 Å². The van der Waals surface area contributed by atoms with Crippen LogP contribution < -0.4 is 10.8 Å². The summed E-state index contributed by atoms with van der Waals surface area (Å²) in [5, 5.41) is 2.49. The Kier molecular flexibility index (Phi) is 6.90. The first-order chi connectivity index (χ1) is 6.99. The van der Waals surface area contributed by atoms with Crippen molar-refractivity contribution in [2.24, 2.45) is 5.92 Å². The van der Waals surface area contributed by atoms with Crippen molar-refractivity contribution in [1.29, 1.82) is 0 Å². The lowest BCUT2D eigenvalue weighted by Crippen LogP contribution is -2.48. The molecular formula is C10H20N2O3. The van der Waals surface area contributed by atoms with Gasteiger partial charge in [0, 0.05) is 0 Å². The van der Waals surface area contributed by atoms with Crippen LogP contribution in [0, 0.1) is 5.92 Å². The molecule has 0 aromatic heterocycles. The fourth-order valence-corrected chi connectivity index (χ4v) is 0.954. The fourth-order valence-electron chi connectivity index (χ4n) is 0.954. The molecule has 0 saturated heterocycles. The minimum absolute atomic E-state index is 0.00474. The quantitative estimate of drug-likeness (QED) is 0.473. The zero-order valence-electron chi connectivity index (χ0n) is 9.74. The van der Waals surface area contributed by atoms with E-state index in [4.69, 9.17) is 4.84 Å². The molecule has 0 aromatic rings. The number of hydrogen-bond donors (Lipinski definition) is 2. The molecule has 0 bridgehead atoms. The van der Waals surface area contributed by atoms with Crippen LogP contribution in [-0.2, 0) is 14.4 Å². The minimum atomic E-state index is -0.438. The molecule has 15 heavy (non-hydrogen) atoms. The van der Waals surface area contributed by atoms with E-state index in [1.165, 1.54) is 0 Å². The summed E-state index contributed by atoms with van der Waals surface area (Å²) in [4.78, 5) is 26.8. The lowest BCUT2D eigenvalue weighted by molar-refractivity contribution is -0.131. The summed E-state index contributed by atoms with van der Waals surface area (Å²) in [5.41, 5.74) is 2.70. The van der Waals surface area contributed by atoms with E-state index >= 15 is 0 Å². The molecule has 0 aliphatic carbocycles. The average Bonchev–Trinajstić information content (AvgIpc) is 2.13. The number of hydroxylamine groups is 1. The van der Waals surface area contributed by atoms with E-state index in [-0.39, 0.29) is 24.5 Å². The molecule has 0 spiro atoms. The lowest BCUT2D eigenvalue weighted by Gasteiger charge is -2.21. The van der Waals surface area contributed by atoms with Gasteiger partial charge in [0.25, 0.3) is 0 Å². The molecule has 0 aromatic carbocycles. The summed E-state index contributed by atoms with van der Waals surface area (Å²) >= 11 is 0. The number of rotatable bonds is 7. The molecule has 5 heteroatoms. The number of carbonyl (C=O) groups excluding carboxylic acids is 2. The summed E-state index contributed by atoms with van der Waals surface area (Å²) in [5.74, 6) is -0.131. The van der Waals surface area contributed by atoms with Gasteiger partial charge < -0.3 is 10.1 Å². The van der Waals surface area contributed by atoms with Crippen LogP contribution in [0.15, 0.2) is 0 Å². The topological polar surface area (TPSA) is 67.4 Å². The molecule has 1 atom stereocenters. The van der Waals surface area contributed by atoms with Gasteiger partial charge in [0.05, 0.1) is 12.6 Å². The summed E-state index contributed by atoms with van der Waals surface area (Å²) < 4.78 is 0. The third kappa shape index (κ3) is 6.19. The van der Waals surface area contributed by atoms with E-state index in [0.717, 1.165) is 0 Å². The number of hydrogen-bond acceptors (Lipinski definition) is 4. The molecule has 1 unspecified atom stereocenters. The van der Waals surface area contributed by atoms with Crippen molar-refractivity contribution >= 4 is 12.2 Å². The second-order valence-corrected chi connectivity index (χ2v) is 3.92. The van der Waals surface area contributed by atoms with Crippen LogP contribution in [-0.4, -0.2) is 30.9 Å². The number of carbonyl (C=O) groups is 2. The van der Waals surface area contributed by atoms with E-state index in [1.807, 2.05) is 27.7 Å². The maximum atomic E-state index is 11.5. The van der Waals surface area contributed by atoms with Crippen molar-refractivity contribution in [3.63, 3.8) is 0 Å². The highest BCUT2D eigenvalue weighted by Gasteiger charge is 2.21. The fraction of sp³-hybridized carbons (Fsp3) is 0.800. The molecule has 88 valence electrons. The van der Waals surface area contributed by atoms with Gasteiger partial charge in [0.2, 0.25) is 5.91 Å². The third-order valence-corrected chi connectivity index (χ3v) is 1.74. The molecule has 5 nitrogen and oxygen atoms in total. The maximum absolute atomic E-state index is 11.5. The Bertz CT molecular complexity index is 205. The minimum Gasteiger partial charge on any atom is -0.348 e. The molecule has 0 aliphatic rings. The lowest BCUT2D eigenvalue weighted by atomic mass is 10.0. The Morgan fingerprint density at radius 2 is 1.93 bits per heavy atom. The zero-order valence-corrected chi connectivity index (χ0v) is 9.74. The monoisotopic (exact) mass is 216 g/mol. The molecule has 2 N–H and O–H groups in total. The van der Waals surface area contributed by atoms with Crippen LogP contribution in [0.4, 0.5) is 0 Å². The summed E-state index contributed by atoms with van der Waals surface area (Å²) in [6.07, 6.45) is 0.656. The van der Waals surface area contributed by atoms with Crippen LogP contribution >= 0.6 is 0 Å². The number of amides is 1. The van der Waals surface area contributed by atoms with Crippen molar-refractivity contribution in [3.05, 3.63) is 0 Å². The van der Waals surface area contributed by atoms with Gasteiger partial charge in [-0.3, -0.25) is 9.63 Å². The molecule has 0 heterocycles. The van der Waals surface area contributed by atoms with E-state index in [9.17, 15) is 9.59 Å². The van der Waals surface area contributed by atoms with Crippen LogP contribution in [0.2, 0.25) is 0 Å². The highest BCUT2D eigenvalue weighted by molar-refractivity contribution is 5.83. The van der Waals surface area contributed by atoms with Gasteiger partial charge in [-0.1, -0.05) is 13.8 Å². The van der Waals surface area contributed by atoms with Gasteiger partial charge in [0.15, 0.2) is 0 Å². The van der Waals surface area contributed by atoms with E-state index < -0.39 is 6.04 Å². The SMILES string of the molecule is CC(C)ONC(C(=O)NCC=O)C(C)C. The first-order valence-corrected chi connectivity index (χ1v) is 5.11. The largest absolute Gasteiger partial charge is 0.348 e. The first kappa shape index (κ1) is 14.1.